The minimum Gasteiger partial charge on any atom is -0.353 e. The van der Waals surface area contributed by atoms with Crippen LogP contribution in [-0.4, -0.2) is 47.3 Å². The molecule has 1 saturated carbocycles. The van der Waals surface area contributed by atoms with Crippen LogP contribution in [0.4, 0.5) is 0 Å². The van der Waals surface area contributed by atoms with E-state index in [-0.39, 0.29) is 18.2 Å². The van der Waals surface area contributed by atoms with Crippen molar-refractivity contribution in [1.29, 1.82) is 0 Å². The number of fused-ring (bicyclic) bond motifs is 1. The van der Waals surface area contributed by atoms with Gasteiger partial charge in [-0.15, -0.1) is 0 Å². The third-order valence-corrected chi connectivity index (χ3v) is 6.37. The summed E-state index contributed by atoms with van der Waals surface area (Å²) in [7, 11) is 2.16. The van der Waals surface area contributed by atoms with E-state index < -0.39 is 0 Å². The number of carbonyl (C=O) groups excluding carboxylic acids is 2. The van der Waals surface area contributed by atoms with Gasteiger partial charge < -0.3 is 14.8 Å². The van der Waals surface area contributed by atoms with Crippen LogP contribution in [0.1, 0.15) is 48.0 Å². The maximum atomic E-state index is 12.8. The molecule has 1 fully saturated rings. The van der Waals surface area contributed by atoms with E-state index in [9.17, 15) is 9.59 Å². The molecule has 3 aromatic rings. The summed E-state index contributed by atoms with van der Waals surface area (Å²) in [5.41, 5.74) is 2.20. The average Bonchev–Trinajstić information content (AvgIpc) is 3.21. The molecule has 1 amide bonds. The highest BCUT2D eigenvalue weighted by molar-refractivity contribution is 6.10. The highest BCUT2D eigenvalue weighted by Crippen LogP contribution is 2.21. The van der Waals surface area contributed by atoms with Gasteiger partial charge in [-0.1, -0.05) is 61.7 Å². The van der Waals surface area contributed by atoms with Gasteiger partial charge in [0.2, 0.25) is 5.91 Å². The van der Waals surface area contributed by atoms with Gasteiger partial charge in [0.15, 0.2) is 5.78 Å². The maximum absolute atomic E-state index is 12.8. The van der Waals surface area contributed by atoms with Crippen molar-refractivity contribution in [3.8, 4) is 0 Å². The first-order chi connectivity index (χ1) is 15.1. The number of hydrogen-bond donors (Lipinski definition) is 1. The van der Waals surface area contributed by atoms with Gasteiger partial charge in [-0.2, -0.15) is 0 Å². The Labute approximate surface area is 184 Å². The van der Waals surface area contributed by atoms with Gasteiger partial charge >= 0.3 is 0 Å². The standard InChI is InChI=1S/C26H31N3O2/c1-28(23-10-6-3-7-11-23)17-15-27-25(30)19-29-16-14-20-12-13-22(18-24(20)29)26(31)21-8-4-2-5-9-21/h2,4-5,8-9,12-14,16,18,23H,3,6-7,10-11,15,17,19H2,1H3,(H,27,30). The van der Waals surface area contributed by atoms with Gasteiger partial charge in [0.1, 0.15) is 6.54 Å². The second-order valence-electron chi connectivity index (χ2n) is 8.53. The highest BCUT2D eigenvalue weighted by Gasteiger charge is 2.18. The lowest BCUT2D eigenvalue weighted by Gasteiger charge is -2.31. The summed E-state index contributed by atoms with van der Waals surface area (Å²) < 4.78 is 1.91. The molecule has 0 saturated heterocycles. The molecule has 4 rings (SSSR count). The summed E-state index contributed by atoms with van der Waals surface area (Å²) in [5.74, 6) is -0.0141. The zero-order chi connectivity index (χ0) is 21.6. The Morgan fingerprint density at radius 1 is 1.00 bits per heavy atom. The Kier molecular flexibility index (Phi) is 6.82. The van der Waals surface area contributed by atoms with Crippen LogP contribution >= 0.6 is 0 Å². The first-order valence-electron chi connectivity index (χ1n) is 11.3. The molecule has 1 heterocycles. The third kappa shape index (κ3) is 5.23. The van der Waals surface area contributed by atoms with Crippen molar-refractivity contribution in [2.24, 2.45) is 0 Å². The molecule has 5 heteroatoms. The number of carbonyl (C=O) groups is 2. The number of nitrogens with zero attached hydrogens (tertiary/aromatic N) is 2. The van der Waals surface area contributed by atoms with Crippen molar-refractivity contribution in [2.75, 3.05) is 20.1 Å². The molecule has 0 aliphatic heterocycles. The Morgan fingerprint density at radius 3 is 2.55 bits per heavy atom. The fourth-order valence-electron chi connectivity index (χ4n) is 4.51. The number of amides is 1. The molecule has 1 aliphatic carbocycles. The van der Waals surface area contributed by atoms with Crippen molar-refractivity contribution >= 4 is 22.6 Å². The fourth-order valence-corrected chi connectivity index (χ4v) is 4.51. The van der Waals surface area contributed by atoms with E-state index in [1.165, 1.54) is 32.1 Å². The molecule has 1 aromatic heterocycles. The molecule has 31 heavy (non-hydrogen) atoms. The third-order valence-electron chi connectivity index (χ3n) is 6.37. The van der Waals surface area contributed by atoms with Crippen LogP contribution < -0.4 is 5.32 Å². The van der Waals surface area contributed by atoms with Crippen molar-refractivity contribution < 1.29 is 9.59 Å². The molecular weight excluding hydrogens is 386 g/mol. The van der Waals surface area contributed by atoms with Gasteiger partial charge in [0.25, 0.3) is 0 Å². The zero-order valence-corrected chi connectivity index (χ0v) is 18.2. The predicted molar refractivity (Wildman–Crippen MR) is 124 cm³/mol. The van der Waals surface area contributed by atoms with Crippen molar-refractivity contribution in [3.05, 3.63) is 71.9 Å². The highest BCUT2D eigenvalue weighted by atomic mass is 16.2. The lowest BCUT2D eigenvalue weighted by atomic mass is 9.94. The van der Waals surface area contributed by atoms with E-state index in [4.69, 9.17) is 0 Å². The number of nitrogens with one attached hydrogen (secondary N) is 1. The van der Waals surface area contributed by atoms with Crippen molar-refractivity contribution in [1.82, 2.24) is 14.8 Å². The van der Waals surface area contributed by atoms with Crippen LogP contribution in [0.2, 0.25) is 0 Å². The minimum atomic E-state index is -0.00884. The molecule has 0 spiro atoms. The predicted octanol–water partition coefficient (Wildman–Crippen LogP) is 4.25. The smallest absolute Gasteiger partial charge is 0.239 e. The lowest BCUT2D eigenvalue weighted by molar-refractivity contribution is -0.121. The van der Waals surface area contributed by atoms with E-state index in [1.807, 2.05) is 65.4 Å². The van der Waals surface area contributed by atoms with Crippen molar-refractivity contribution in [2.45, 2.75) is 44.7 Å². The number of rotatable bonds is 8. The second kappa shape index (κ2) is 9.92. The average molecular weight is 418 g/mol. The Morgan fingerprint density at radius 2 is 1.77 bits per heavy atom. The van der Waals surface area contributed by atoms with Gasteiger partial charge in [-0.05, 0) is 37.4 Å². The monoisotopic (exact) mass is 417 g/mol. The van der Waals surface area contributed by atoms with Crippen LogP contribution in [0.15, 0.2) is 60.8 Å². The molecule has 5 nitrogen and oxygen atoms in total. The number of aromatic nitrogens is 1. The molecule has 0 radical (unpaired) electrons. The summed E-state index contributed by atoms with van der Waals surface area (Å²) in [4.78, 5) is 27.7. The summed E-state index contributed by atoms with van der Waals surface area (Å²) >= 11 is 0. The normalized spacial score (nSPS) is 14.8. The van der Waals surface area contributed by atoms with Gasteiger partial charge in [-0.25, -0.2) is 0 Å². The van der Waals surface area contributed by atoms with Gasteiger partial charge in [-0.3, -0.25) is 9.59 Å². The number of hydrogen-bond acceptors (Lipinski definition) is 3. The molecule has 0 unspecified atom stereocenters. The summed E-state index contributed by atoms with van der Waals surface area (Å²) in [5, 5.41) is 4.07. The van der Waals surface area contributed by atoms with E-state index in [0.717, 1.165) is 17.4 Å². The molecule has 0 bridgehead atoms. The lowest BCUT2D eigenvalue weighted by Crippen LogP contribution is -2.40. The van der Waals surface area contributed by atoms with E-state index >= 15 is 0 Å². The Hall–Kier alpha value is -2.92. The largest absolute Gasteiger partial charge is 0.353 e. The van der Waals surface area contributed by atoms with Gasteiger partial charge in [0.05, 0.1) is 0 Å². The SMILES string of the molecule is CN(CCNC(=O)Cn1ccc2ccc(C(=O)c3ccccc3)cc21)C1CCCCC1. The van der Waals surface area contributed by atoms with E-state index in [1.54, 1.807) is 0 Å². The van der Waals surface area contributed by atoms with E-state index in [0.29, 0.717) is 23.7 Å². The maximum Gasteiger partial charge on any atom is 0.239 e. The number of benzene rings is 2. The molecular formula is C26H31N3O2. The second-order valence-corrected chi connectivity index (χ2v) is 8.53. The minimum absolute atomic E-state index is 0.00525. The van der Waals surface area contributed by atoms with Crippen molar-refractivity contribution in [3.63, 3.8) is 0 Å². The Bertz CT molecular complexity index is 1040. The molecule has 1 N–H and O–H groups in total. The molecule has 2 aromatic carbocycles. The van der Waals surface area contributed by atoms with Crippen LogP contribution in [-0.2, 0) is 11.3 Å². The molecule has 162 valence electrons. The number of ketones is 1. The Balaban J connectivity index is 1.36. The van der Waals surface area contributed by atoms with Crippen LogP contribution in [0.5, 0.6) is 0 Å². The van der Waals surface area contributed by atoms with Crippen LogP contribution in [0, 0.1) is 0 Å². The van der Waals surface area contributed by atoms with E-state index in [2.05, 4.69) is 17.3 Å². The summed E-state index contributed by atoms with van der Waals surface area (Å²) in [6.45, 7) is 1.78. The summed E-state index contributed by atoms with van der Waals surface area (Å²) in [6, 6.07) is 17.6. The quantitative estimate of drug-likeness (QED) is 0.558. The van der Waals surface area contributed by atoms with Gasteiger partial charge in [0, 0.05) is 42.0 Å². The summed E-state index contributed by atoms with van der Waals surface area (Å²) in [6.07, 6.45) is 8.43. The van der Waals surface area contributed by atoms with Crippen LogP contribution in [0.25, 0.3) is 10.9 Å². The fraction of sp³-hybridized carbons (Fsp3) is 0.385. The molecule has 0 atom stereocenters. The first-order valence-corrected chi connectivity index (χ1v) is 11.3. The van der Waals surface area contributed by atoms with Crippen LogP contribution in [0.3, 0.4) is 0 Å². The zero-order valence-electron chi connectivity index (χ0n) is 18.2. The number of likely N-dealkylation sites (N-methyl/N-ethyl adjacent to an activating group) is 1. The first kappa shape index (κ1) is 21.3. The molecule has 1 aliphatic rings. The topological polar surface area (TPSA) is 54.3 Å².